The van der Waals surface area contributed by atoms with Crippen molar-refractivity contribution in [3.05, 3.63) is 109 Å². The molecule has 0 radical (unpaired) electrons. The van der Waals surface area contributed by atoms with Gasteiger partial charge in [-0.15, -0.1) is 0 Å². The molecule has 3 aromatic carbocycles. The van der Waals surface area contributed by atoms with Crippen LogP contribution in [0, 0.1) is 0 Å². The fourth-order valence-electron chi connectivity index (χ4n) is 3.84. The second-order valence-electron chi connectivity index (χ2n) is 8.23. The van der Waals surface area contributed by atoms with Crippen LogP contribution in [-0.4, -0.2) is 40.8 Å². The number of nitrogens with zero attached hydrogens (tertiary/aromatic N) is 3. The molecule has 0 bridgehead atoms. The van der Waals surface area contributed by atoms with Crippen LogP contribution < -0.4 is 19.5 Å². The average molecular weight is 495 g/mol. The molecule has 1 amide bonds. The number of aromatic nitrogens is 3. The lowest BCUT2D eigenvalue weighted by Gasteiger charge is -2.10. The maximum atomic E-state index is 12.6. The number of carbonyl (C=O) groups excluding carboxylic acids is 1. The van der Waals surface area contributed by atoms with Gasteiger partial charge in [-0.1, -0.05) is 6.07 Å². The molecule has 0 aliphatic rings. The maximum absolute atomic E-state index is 12.6. The van der Waals surface area contributed by atoms with Crippen LogP contribution in [0.1, 0.15) is 15.9 Å². The van der Waals surface area contributed by atoms with Crippen molar-refractivity contribution >= 4 is 16.9 Å². The molecule has 8 nitrogen and oxygen atoms in total. The van der Waals surface area contributed by atoms with Gasteiger partial charge < -0.3 is 19.5 Å². The lowest BCUT2D eigenvalue weighted by molar-refractivity contribution is 0.0951. The van der Waals surface area contributed by atoms with E-state index in [1.807, 2.05) is 71.3 Å². The van der Waals surface area contributed by atoms with Gasteiger partial charge in [0.2, 0.25) is 0 Å². The third kappa shape index (κ3) is 5.87. The van der Waals surface area contributed by atoms with E-state index in [2.05, 4.69) is 15.3 Å². The van der Waals surface area contributed by atoms with Crippen LogP contribution in [0.15, 0.2) is 97.6 Å². The Labute approximate surface area is 214 Å². The van der Waals surface area contributed by atoms with E-state index in [0.29, 0.717) is 25.3 Å². The zero-order valence-electron chi connectivity index (χ0n) is 20.3. The van der Waals surface area contributed by atoms with Gasteiger partial charge in [0.25, 0.3) is 5.91 Å². The van der Waals surface area contributed by atoms with E-state index in [1.54, 1.807) is 38.0 Å². The van der Waals surface area contributed by atoms with E-state index in [0.717, 1.165) is 39.5 Å². The van der Waals surface area contributed by atoms with Crippen molar-refractivity contribution in [2.45, 2.75) is 6.54 Å². The van der Waals surface area contributed by atoms with Gasteiger partial charge in [0, 0.05) is 30.2 Å². The first-order valence-electron chi connectivity index (χ1n) is 11.8. The zero-order valence-corrected chi connectivity index (χ0v) is 20.3. The molecule has 0 saturated heterocycles. The van der Waals surface area contributed by atoms with Crippen LogP contribution in [-0.2, 0) is 6.54 Å². The summed E-state index contributed by atoms with van der Waals surface area (Å²) in [6.07, 6.45) is 5.19. The number of hydrogen-bond donors (Lipinski definition) is 1. The van der Waals surface area contributed by atoms with Gasteiger partial charge in [0.15, 0.2) is 0 Å². The van der Waals surface area contributed by atoms with Gasteiger partial charge in [-0.25, -0.2) is 4.98 Å². The SMILES string of the molecule is COc1ccc(OCCOc2ccc(-n3cnc4cc(C(=O)NCc5cccnc5)ccc43)cc2)cc1. The number of benzene rings is 3. The molecule has 1 N–H and O–H groups in total. The molecule has 0 unspecified atom stereocenters. The summed E-state index contributed by atoms with van der Waals surface area (Å²) in [5, 5.41) is 2.92. The van der Waals surface area contributed by atoms with E-state index in [9.17, 15) is 4.79 Å². The summed E-state index contributed by atoms with van der Waals surface area (Å²) in [6, 6.07) is 24.5. The standard InChI is InChI=1S/C29H26N4O4/c1-35-24-9-11-26(12-10-24)37-16-15-36-25-7-5-23(6-8-25)33-20-32-27-17-22(4-13-28(27)33)29(34)31-19-21-3-2-14-30-18-21/h2-14,17-18,20H,15-16,19H2,1H3,(H,31,34). The Morgan fingerprint density at radius 1 is 0.892 bits per heavy atom. The van der Waals surface area contributed by atoms with Gasteiger partial charge in [0.1, 0.15) is 36.8 Å². The molecule has 2 heterocycles. The summed E-state index contributed by atoms with van der Waals surface area (Å²) in [5.74, 6) is 2.15. The van der Waals surface area contributed by atoms with Crippen LogP contribution in [0.4, 0.5) is 0 Å². The number of pyridine rings is 1. The molecule has 186 valence electrons. The van der Waals surface area contributed by atoms with Gasteiger partial charge in [-0.3, -0.25) is 14.3 Å². The molecule has 0 fully saturated rings. The number of nitrogens with one attached hydrogen (secondary N) is 1. The second kappa shape index (κ2) is 11.3. The number of methoxy groups -OCH3 is 1. The van der Waals surface area contributed by atoms with Gasteiger partial charge >= 0.3 is 0 Å². The molecule has 0 spiro atoms. The minimum atomic E-state index is -0.155. The maximum Gasteiger partial charge on any atom is 0.251 e. The van der Waals surface area contributed by atoms with Crippen molar-refractivity contribution < 1.29 is 19.0 Å². The topological polar surface area (TPSA) is 87.5 Å². The van der Waals surface area contributed by atoms with Gasteiger partial charge in [-0.2, -0.15) is 0 Å². The zero-order chi connectivity index (χ0) is 25.5. The number of amides is 1. The Kier molecular flexibility index (Phi) is 7.26. The Balaban J connectivity index is 1.17. The number of fused-ring (bicyclic) bond motifs is 1. The summed E-state index contributed by atoms with van der Waals surface area (Å²) in [4.78, 5) is 21.2. The lowest BCUT2D eigenvalue weighted by atomic mass is 10.1. The first-order chi connectivity index (χ1) is 18.2. The van der Waals surface area contributed by atoms with Crippen molar-refractivity contribution in [1.82, 2.24) is 19.9 Å². The van der Waals surface area contributed by atoms with E-state index >= 15 is 0 Å². The second-order valence-corrected chi connectivity index (χ2v) is 8.23. The van der Waals surface area contributed by atoms with Crippen LogP contribution in [0.3, 0.4) is 0 Å². The predicted octanol–water partition coefficient (Wildman–Crippen LogP) is 4.82. The number of ether oxygens (including phenoxy) is 3. The first-order valence-corrected chi connectivity index (χ1v) is 11.8. The van der Waals surface area contributed by atoms with Crippen molar-refractivity contribution in [1.29, 1.82) is 0 Å². The molecule has 5 aromatic rings. The minimum absolute atomic E-state index is 0.155. The molecule has 8 heteroatoms. The Morgan fingerprint density at radius 3 is 2.27 bits per heavy atom. The largest absolute Gasteiger partial charge is 0.497 e. The monoisotopic (exact) mass is 494 g/mol. The number of carbonyl (C=O) groups is 1. The smallest absolute Gasteiger partial charge is 0.251 e. The van der Waals surface area contributed by atoms with Crippen molar-refractivity contribution in [3.63, 3.8) is 0 Å². The normalized spacial score (nSPS) is 10.7. The molecule has 0 aliphatic heterocycles. The molecular formula is C29H26N4O4. The van der Waals surface area contributed by atoms with Crippen molar-refractivity contribution in [2.75, 3.05) is 20.3 Å². The molecule has 2 aromatic heterocycles. The van der Waals surface area contributed by atoms with E-state index in [-0.39, 0.29) is 5.91 Å². The minimum Gasteiger partial charge on any atom is -0.497 e. The average Bonchev–Trinajstić information content (AvgIpc) is 3.38. The predicted molar refractivity (Wildman–Crippen MR) is 140 cm³/mol. The molecular weight excluding hydrogens is 468 g/mol. The third-order valence-corrected chi connectivity index (χ3v) is 5.78. The van der Waals surface area contributed by atoms with Gasteiger partial charge in [0.05, 0.1) is 18.1 Å². The van der Waals surface area contributed by atoms with Crippen LogP contribution in [0.2, 0.25) is 0 Å². The summed E-state index contributed by atoms with van der Waals surface area (Å²) < 4.78 is 18.6. The lowest BCUT2D eigenvalue weighted by Crippen LogP contribution is -2.22. The number of rotatable bonds is 10. The van der Waals surface area contributed by atoms with Gasteiger partial charge in [-0.05, 0) is 78.4 Å². The molecule has 37 heavy (non-hydrogen) atoms. The highest BCUT2D eigenvalue weighted by Gasteiger charge is 2.10. The molecule has 5 rings (SSSR count). The Bertz CT molecular complexity index is 1470. The Hall–Kier alpha value is -4.85. The highest BCUT2D eigenvalue weighted by atomic mass is 16.5. The van der Waals surface area contributed by atoms with Crippen LogP contribution in [0.25, 0.3) is 16.7 Å². The summed E-state index contributed by atoms with van der Waals surface area (Å²) in [5.41, 5.74) is 4.09. The Morgan fingerprint density at radius 2 is 1.59 bits per heavy atom. The quantitative estimate of drug-likeness (QED) is 0.280. The number of imidazole rings is 1. The molecule has 0 saturated carbocycles. The molecule has 0 atom stereocenters. The van der Waals surface area contributed by atoms with E-state index in [1.165, 1.54) is 0 Å². The number of hydrogen-bond acceptors (Lipinski definition) is 6. The third-order valence-electron chi connectivity index (χ3n) is 5.78. The van der Waals surface area contributed by atoms with Crippen LogP contribution >= 0.6 is 0 Å². The highest BCUT2D eigenvalue weighted by Crippen LogP contribution is 2.22. The van der Waals surface area contributed by atoms with E-state index in [4.69, 9.17) is 14.2 Å². The fourth-order valence-corrected chi connectivity index (χ4v) is 3.84. The molecule has 0 aliphatic carbocycles. The summed E-state index contributed by atoms with van der Waals surface area (Å²) in [7, 11) is 1.63. The fraction of sp³-hybridized carbons (Fsp3) is 0.138. The van der Waals surface area contributed by atoms with Crippen molar-refractivity contribution in [2.24, 2.45) is 0 Å². The highest BCUT2D eigenvalue weighted by molar-refractivity contribution is 5.97. The first kappa shape index (κ1) is 23.9. The van der Waals surface area contributed by atoms with E-state index < -0.39 is 0 Å². The van der Waals surface area contributed by atoms with Crippen molar-refractivity contribution in [3.8, 4) is 22.9 Å². The summed E-state index contributed by atoms with van der Waals surface area (Å²) in [6.45, 7) is 1.27. The summed E-state index contributed by atoms with van der Waals surface area (Å²) >= 11 is 0. The van der Waals surface area contributed by atoms with Crippen LogP contribution in [0.5, 0.6) is 17.2 Å².